The zero-order chi connectivity index (χ0) is 9.64. The van der Waals surface area contributed by atoms with E-state index in [0.29, 0.717) is 11.5 Å². The molecule has 1 saturated carbocycles. The normalized spacial score (nSPS) is 31.8. The Kier molecular flexibility index (Phi) is 1.96. The van der Waals surface area contributed by atoms with Crippen LogP contribution in [-0.4, -0.2) is 0 Å². The minimum atomic E-state index is -0.412. The molecule has 0 heterocycles. The van der Waals surface area contributed by atoms with Crippen molar-refractivity contribution in [2.75, 3.05) is 0 Å². The predicted molar refractivity (Wildman–Crippen MR) is 53.7 cm³/mol. The summed E-state index contributed by atoms with van der Waals surface area (Å²) in [4.78, 5) is 0. The summed E-state index contributed by atoms with van der Waals surface area (Å²) in [5, 5.41) is 0. The first kappa shape index (κ1) is 9.16. The van der Waals surface area contributed by atoms with Gasteiger partial charge in [-0.25, -0.2) is 4.39 Å². The van der Waals surface area contributed by atoms with Crippen LogP contribution in [0.5, 0.6) is 0 Å². The number of nitrogens with two attached hydrogens (primary N) is 1. The Balaban J connectivity index is 2.42. The fourth-order valence-electron chi connectivity index (χ4n) is 1.69. The maximum absolute atomic E-state index is 13.4. The number of halogens is 2. The fraction of sp³-hybridized carbons (Fsp3) is 0.400. The van der Waals surface area contributed by atoms with Gasteiger partial charge < -0.3 is 5.73 Å². The van der Waals surface area contributed by atoms with E-state index in [1.807, 2.05) is 13.0 Å². The van der Waals surface area contributed by atoms with Crippen molar-refractivity contribution < 1.29 is 4.39 Å². The summed E-state index contributed by atoms with van der Waals surface area (Å²) in [7, 11) is 0. The van der Waals surface area contributed by atoms with Gasteiger partial charge in [-0.1, -0.05) is 28.9 Å². The summed E-state index contributed by atoms with van der Waals surface area (Å²) < 4.78 is 14.2. The van der Waals surface area contributed by atoms with Gasteiger partial charge in [0.2, 0.25) is 0 Å². The van der Waals surface area contributed by atoms with Crippen molar-refractivity contribution in [2.45, 2.75) is 18.9 Å². The molecule has 0 aromatic heterocycles. The topological polar surface area (TPSA) is 26.0 Å². The van der Waals surface area contributed by atoms with E-state index in [9.17, 15) is 4.39 Å². The van der Waals surface area contributed by atoms with Crippen molar-refractivity contribution in [3.8, 4) is 0 Å². The summed E-state index contributed by atoms with van der Waals surface area (Å²) >= 11 is 3.22. The molecule has 1 fully saturated rings. The van der Waals surface area contributed by atoms with Crippen LogP contribution in [0.15, 0.2) is 22.7 Å². The first-order valence-corrected chi connectivity index (χ1v) is 5.08. The minimum Gasteiger partial charge on any atom is -0.321 e. The molecule has 0 bridgehead atoms. The Morgan fingerprint density at radius 2 is 2.23 bits per heavy atom. The molecule has 70 valence electrons. The van der Waals surface area contributed by atoms with Crippen LogP contribution in [0.4, 0.5) is 4.39 Å². The highest BCUT2D eigenvalue weighted by molar-refractivity contribution is 9.10. The largest absolute Gasteiger partial charge is 0.321 e. The van der Waals surface area contributed by atoms with Crippen molar-refractivity contribution in [3.05, 3.63) is 34.1 Å². The Morgan fingerprint density at radius 3 is 2.69 bits per heavy atom. The van der Waals surface area contributed by atoms with E-state index >= 15 is 0 Å². The first-order valence-electron chi connectivity index (χ1n) is 4.28. The molecule has 13 heavy (non-hydrogen) atoms. The van der Waals surface area contributed by atoms with Gasteiger partial charge in [0, 0.05) is 15.6 Å². The highest BCUT2D eigenvalue weighted by atomic mass is 79.9. The smallest absolute Gasteiger partial charge is 0.129 e. The van der Waals surface area contributed by atoms with Crippen LogP contribution in [0.3, 0.4) is 0 Å². The summed E-state index contributed by atoms with van der Waals surface area (Å²) in [5.41, 5.74) is 6.24. The van der Waals surface area contributed by atoms with Crippen LogP contribution >= 0.6 is 15.9 Å². The lowest BCUT2D eigenvalue weighted by Crippen LogP contribution is -2.22. The molecule has 2 N–H and O–H groups in total. The van der Waals surface area contributed by atoms with Crippen LogP contribution in [0.2, 0.25) is 0 Å². The van der Waals surface area contributed by atoms with Gasteiger partial charge in [-0.2, -0.15) is 0 Å². The molecular formula is C10H11BrFN. The number of benzene rings is 1. The maximum atomic E-state index is 13.4. The molecular weight excluding hydrogens is 233 g/mol. The van der Waals surface area contributed by atoms with E-state index in [2.05, 4.69) is 15.9 Å². The monoisotopic (exact) mass is 243 g/mol. The lowest BCUT2D eigenvalue weighted by molar-refractivity contribution is 0.560. The third-order valence-electron chi connectivity index (χ3n) is 2.80. The summed E-state index contributed by atoms with van der Waals surface area (Å²) in [5.74, 6) is 0.185. The van der Waals surface area contributed by atoms with Crippen molar-refractivity contribution in [3.63, 3.8) is 0 Å². The van der Waals surface area contributed by atoms with E-state index < -0.39 is 5.54 Å². The predicted octanol–water partition coefficient (Wildman–Crippen LogP) is 2.78. The van der Waals surface area contributed by atoms with Crippen molar-refractivity contribution in [2.24, 2.45) is 11.7 Å². The van der Waals surface area contributed by atoms with Gasteiger partial charge in [0.1, 0.15) is 5.82 Å². The van der Waals surface area contributed by atoms with E-state index in [-0.39, 0.29) is 5.82 Å². The van der Waals surface area contributed by atoms with E-state index in [1.165, 1.54) is 6.07 Å². The number of rotatable bonds is 1. The third kappa shape index (κ3) is 1.40. The van der Waals surface area contributed by atoms with Gasteiger partial charge in [0.05, 0.1) is 0 Å². The Bertz CT molecular complexity index is 353. The van der Waals surface area contributed by atoms with Crippen LogP contribution in [0.1, 0.15) is 18.9 Å². The molecule has 0 aliphatic heterocycles. The SMILES string of the molecule is CC1CC1(N)c1ccc(Br)cc1F. The third-order valence-corrected chi connectivity index (χ3v) is 3.29. The van der Waals surface area contributed by atoms with E-state index in [4.69, 9.17) is 5.73 Å². The number of hydrogen-bond acceptors (Lipinski definition) is 1. The fourth-order valence-corrected chi connectivity index (χ4v) is 2.02. The van der Waals surface area contributed by atoms with Gasteiger partial charge in [-0.05, 0) is 24.5 Å². The van der Waals surface area contributed by atoms with Crippen LogP contribution in [-0.2, 0) is 5.54 Å². The van der Waals surface area contributed by atoms with E-state index in [0.717, 1.165) is 10.9 Å². The van der Waals surface area contributed by atoms with Gasteiger partial charge in [0.15, 0.2) is 0 Å². The second-order valence-electron chi connectivity index (χ2n) is 3.77. The molecule has 2 atom stereocenters. The van der Waals surface area contributed by atoms with Crippen molar-refractivity contribution in [1.29, 1.82) is 0 Å². The lowest BCUT2D eigenvalue weighted by Gasteiger charge is -2.11. The van der Waals surface area contributed by atoms with E-state index in [1.54, 1.807) is 6.07 Å². The van der Waals surface area contributed by atoms with Gasteiger partial charge >= 0.3 is 0 Å². The molecule has 1 aliphatic rings. The second kappa shape index (κ2) is 2.79. The van der Waals surface area contributed by atoms with Crippen LogP contribution in [0.25, 0.3) is 0 Å². The molecule has 2 rings (SSSR count). The van der Waals surface area contributed by atoms with Gasteiger partial charge in [-0.15, -0.1) is 0 Å². The highest BCUT2D eigenvalue weighted by Gasteiger charge is 2.50. The van der Waals surface area contributed by atoms with Crippen molar-refractivity contribution in [1.82, 2.24) is 0 Å². The molecule has 1 aromatic carbocycles. The molecule has 1 aromatic rings. The average Bonchev–Trinajstić information content (AvgIpc) is 2.59. The first-order chi connectivity index (χ1) is 6.04. The molecule has 0 saturated heterocycles. The molecule has 0 spiro atoms. The Hall–Kier alpha value is -0.410. The zero-order valence-electron chi connectivity index (χ0n) is 7.35. The lowest BCUT2D eigenvalue weighted by atomic mass is 10.0. The molecule has 2 unspecified atom stereocenters. The summed E-state index contributed by atoms with van der Waals surface area (Å²) in [6.45, 7) is 2.04. The van der Waals surface area contributed by atoms with Gasteiger partial charge in [-0.3, -0.25) is 0 Å². The molecule has 1 nitrogen and oxygen atoms in total. The van der Waals surface area contributed by atoms with Gasteiger partial charge in [0.25, 0.3) is 0 Å². The molecule has 1 aliphatic carbocycles. The highest BCUT2D eigenvalue weighted by Crippen LogP contribution is 2.49. The Labute approximate surface area is 85.3 Å². The van der Waals surface area contributed by atoms with Crippen molar-refractivity contribution >= 4 is 15.9 Å². The average molecular weight is 244 g/mol. The standard InChI is InChI=1S/C10H11BrFN/c1-6-5-10(6,13)8-3-2-7(11)4-9(8)12/h2-4,6H,5,13H2,1H3. The molecule has 3 heteroatoms. The molecule has 0 radical (unpaired) electrons. The zero-order valence-corrected chi connectivity index (χ0v) is 8.94. The second-order valence-corrected chi connectivity index (χ2v) is 4.69. The molecule has 0 amide bonds. The maximum Gasteiger partial charge on any atom is 0.129 e. The van der Waals surface area contributed by atoms with Crippen LogP contribution in [0, 0.1) is 11.7 Å². The van der Waals surface area contributed by atoms with Crippen LogP contribution < -0.4 is 5.73 Å². The quantitative estimate of drug-likeness (QED) is 0.807. The Morgan fingerprint density at radius 1 is 1.62 bits per heavy atom. The summed E-state index contributed by atoms with van der Waals surface area (Å²) in [6, 6.07) is 5.07. The minimum absolute atomic E-state index is 0.207. The summed E-state index contributed by atoms with van der Waals surface area (Å²) in [6.07, 6.45) is 0.881. The number of hydrogen-bond donors (Lipinski definition) is 1.